The van der Waals surface area contributed by atoms with E-state index in [2.05, 4.69) is 16.0 Å². The van der Waals surface area contributed by atoms with Crippen LogP contribution >= 0.6 is 0 Å². The molecule has 0 unspecified atom stereocenters. The maximum atomic E-state index is 13.0. The first-order valence-electron chi connectivity index (χ1n) is 10.5. The van der Waals surface area contributed by atoms with Gasteiger partial charge in [0.25, 0.3) is 0 Å². The van der Waals surface area contributed by atoms with Crippen molar-refractivity contribution >= 4 is 23.3 Å². The van der Waals surface area contributed by atoms with Crippen LogP contribution < -0.4 is 16.0 Å². The molecule has 0 aromatic heterocycles. The number of hydrogen-bond donors (Lipinski definition) is 3. The second-order valence-corrected chi connectivity index (χ2v) is 8.06. The molecule has 1 heterocycles. The minimum absolute atomic E-state index is 0.0803. The van der Waals surface area contributed by atoms with Gasteiger partial charge in [0.1, 0.15) is 5.82 Å². The molecular weight excluding hydrogens is 397 g/mol. The summed E-state index contributed by atoms with van der Waals surface area (Å²) >= 11 is 0. The zero-order valence-electron chi connectivity index (χ0n) is 18.0. The first-order valence-corrected chi connectivity index (χ1v) is 10.5. The molecule has 1 saturated heterocycles. The Hall–Kier alpha value is -3.13. The molecule has 3 amide bonds. The molecule has 7 nitrogen and oxygen atoms in total. The van der Waals surface area contributed by atoms with Crippen LogP contribution in [0.5, 0.6) is 0 Å². The van der Waals surface area contributed by atoms with Gasteiger partial charge in [-0.15, -0.1) is 0 Å². The number of likely N-dealkylation sites (N-methyl/N-ethyl adjacent to an activating group) is 1. The van der Waals surface area contributed by atoms with Crippen LogP contribution in [0.4, 0.5) is 20.6 Å². The third-order valence-corrected chi connectivity index (χ3v) is 5.11. The van der Waals surface area contributed by atoms with Crippen molar-refractivity contribution in [3.63, 3.8) is 0 Å². The van der Waals surface area contributed by atoms with E-state index >= 15 is 0 Å². The molecule has 31 heavy (non-hydrogen) atoms. The number of urea groups is 1. The van der Waals surface area contributed by atoms with Crippen LogP contribution in [0.15, 0.2) is 48.5 Å². The maximum Gasteiger partial charge on any atom is 0.317 e. The number of amides is 3. The van der Waals surface area contributed by atoms with Gasteiger partial charge in [0.05, 0.1) is 6.54 Å². The second kappa shape index (κ2) is 10.8. The van der Waals surface area contributed by atoms with Crippen molar-refractivity contribution in [1.29, 1.82) is 0 Å². The fraction of sp³-hybridized carbons (Fsp3) is 0.391. The molecule has 1 fully saturated rings. The molecule has 0 aliphatic carbocycles. The molecule has 3 rings (SSSR count). The lowest BCUT2D eigenvalue weighted by molar-refractivity contribution is -0.116. The molecule has 3 N–H and O–H groups in total. The van der Waals surface area contributed by atoms with Crippen LogP contribution in [0, 0.1) is 5.82 Å². The molecule has 166 valence electrons. The quantitative estimate of drug-likeness (QED) is 0.635. The summed E-state index contributed by atoms with van der Waals surface area (Å²) in [5.74, 6) is -0.332. The molecule has 0 radical (unpaired) electrons. The average molecular weight is 428 g/mol. The number of nitrogens with zero attached hydrogens (tertiary/aromatic N) is 2. The smallest absolute Gasteiger partial charge is 0.317 e. The molecule has 2 aromatic rings. The van der Waals surface area contributed by atoms with Gasteiger partial charge < -0.3 is 25.8 Å². The summed E-state index contributed by atoms with van der Waals surface area (Å²) < 4.78 is 13.0. The third-order valence-electron chi connectivity index (χ3n) is 5.11. The second-order valence-electron chi connectivity index (χ2n) is 8.06. The molecule has 0 bridgehead atoms. The lowest BCUT2D eigenvalue weighted by atomic mass is 10.0. The van der Waals surface area contributed by atoms with Crippen LogP contribution in [-0.4, -0.2) is 61.5 Å². The topological polar surface area (TPSA) is 76.7 Å². The third kappa shape index (κ3) is 7.25. The van der Waals surface area contributed by atoms with Gasteiger partial charge in [-0.2, -0.15) is 0 Å². The van der Waals surface area contributed by atoms with Crippen molar-refractivity contribution < 1.29 is 14.0 Å². The highest BCUT2D eigenvalue weighted by atomic mass is 19.1. The molecule has 1 aliphatic heterocycles. The van der Waals surface area contributed by atoms with E-state index in [0.717, 1.165) is 24.1 Å². The Labute approximate surface area is 182 Å². The Balaban J connectivity index is 1.42. The number of hydrogen-bond acceptors (Lipinski definition) is 4. The summed E-state index contributed by atoms with van der Waals surface area (Å²) in [6.07, 6.45) is 1.66. The summed E-state index contributed by atoms with van der Waals surface area (Å²) in [7, 11) is 3.68. The predicted molar refractivity (Wildman–Crippen MR) is 120 cm³/mol. The molecule has 0 saturated carbocycles. The zero-order chi connectivity index (χ0) is 22.2. The normalized spacial score (nSPS) is 14.4. The summed E-state index contributed by atoms with van der Waals surface area (Å²) in [5.41, 5.74) is 2.53. The van der Waals surface area contributed by atoms with E-state index in [0.29, 0.717) is 31.9 Å². The highest BCUT2D eigenvalue weighted by Crippen LogP contribution is 2.17. The number of likely N-dealkylation sites (tertiary alicyclic amines) is 1. The number of piperidine rings is 1. The molecule has 0 atom stereocenters. The minimum Gasteiger partial charge on any atom is -0.382 e. The Morgan fingerprint density at radius 2 is 1.77 bits per heavy atom. The Kier molecular flexibility index (Phi) is 7.83. The van der Waals surface area contributed by atoms with Gasteiger partial charge >= 0.3 is 6.03 Å². The van der Waals surface area contributed by atoms with E-state index in [-0.39, 0.29) is 23.8 Å². The van der Waals surface area contributed by atoms with Gasteiger partial charge in [0.2, 0.25) is 5.91 Å². The van der Waals surface area contributed by atoms with Crippen molar-refractivity contribution in [3.05, 3.63) is 59.9 Å². The average Bonchev–Trinajstić information content (AvgIpc) is 2.74. The maximum absolute atomic E-state index is 13.0. The zero-order valence-corrected chi connectivity index (χ0v) is 18.0. The van der Waals surface area contributed by atoms with Crippen LogP contribution in [-0.2, 0) is 11.3 Å². The standard InChI is InChI=1S/C23H30FN5O2/c1-28(2)16-22(30)27-21-5-3-4-17(14-21)15-25-23(31)29-12-10-20(11-13-29)26-19-8-6-18(24)7-9-19/h3-9,14,20,26H,10-13,15-16H2,1-2H3,(H,25,31)(H,27,30). The summed E-state index contributed by atoms with van der Waals surface area (Å²) in [5, 5.41) is 9.21. The number of rotatable bonds is 7. The monoisotopic (exact) mass is 427 g/mol. The van der Waals surface area contributed by atoms with Crippen LogP contribution in [0.3, 0.4) is 0 Å². The number of benzene rings is 2. The van der Waals surface area contributed by atoms with E-state index in [9.17, 15) is 14.0 Å². The lowest BCUT2D eigenvalue weighted by Gasteiger charge is -2.33. The van der Waals surface area contributed by atoms with Crippen LogP contribution in [0.2, 0.25) is 0 Å². The van der Waals surface area contributed by atoms with Crippen molar-refractivity contribution in [2.75, 3.05) is 44.4 Å². The van der Waals surface area contributed by atoms with E-state index in [1.165, 1.54) is 12.1 Å². The number of anilines is 2. The lowest BCUT2D eigenvalue weighted by Crippen LogP contribution is -2.46. The molecule has 0 spiro atoms. The summed E-state index contributed by atoms with van der Waals surface area (Å²) in [4.78, 5) is 28.1. The number of carbonyl (C=O) groups is 2. The SMILES string of the molecule is CN(C)CC(=O)Nc1cccc(CNC(=O)N2CCC(Nc3ccc(F)cc3)CC2)c1. The highest BCUT2D eigenvalue weighted by Gasteiger charge is 2.22. The Bertz CT molecular complexity index is 880. The first-order chi connectivity index (χ1) is 14.9. The summed E-state index contributed by atoms with van der Waals surface area (Å²) in [6, 6.07) is 14.0. The van der Waals surface area contributed by atoms with Crippen LogP contribution in [0.25, 0.3) is 0 Å². The number of nitrogens with one attached hydrogen (secondary N) is 3. The van der Waals surface area contributed by atoms with Crippen molar-refractivity contribution in [2.45, 2.75) is 25.4 Å². The fourth-order valence-electron chi connectivity index (χ4n) is 3.54. The largest absolute Gasteiger partial charge is 0.382 e. The van der Waals surface area contributed by atoms with Crippen molar-refractivity contribution in [3.8, 4) is 0 Å². The Morgan fingerprint density at radius 1 is 1.06 bits per heavy atom. The summed E-state index contributed by atoms with van der Waals surface area (Å²) in [6.45, 7) is 2.02. The van der Waals surface area contributed by atoms with Gasteiger partial charge in [0.15, 0.2) is 0 Å². The Morgan fingerprint density at radius 3 is 2.45 bits per heavy atom. The minimum atomic E-state index is -0.251. The number of carbonyl (C=O) groups excluding carboxylic acids is 2. The van der Waals surface area contributed by atoms with Gasteiger partial charge in [0, 0.05) is 37.1 Å². The molecular formula is C23H30FN5O2. The molecule has 2 aromatic carbocycles. The molecule has 1 aliphatic rings. The van der Waals surface area contributed by atoms with E-state index in [4.69, 9.17) is 0 Å². The van der Waals surface area contributed by atoms with Gasteiger partial charge in [-0.1, -0.05) is 12.1 Å². The van der Waals surface area contributed by atoms with Gasteiger partial charge in [-0.3, -0.25) is 4.79 Å². The van der Waals surface area contributed by atoms with Crippen LogP contribution in [0.1, 0.15) is 18.4 Å². The van der Waals surface area contributed by atoms with Crippen molar-refractivity contribution in [2.24, 2.45) is 0 Å². The fourth-order valence-corrected chi connectivity index (χ4v) is 3.54. The highest BCUT2D eigenvalue weighted by molar-refractivity contribution is 5.92. The first kappa shape index (κ1) is 22.6. The van der Waals surface area contributed by atoms with E-state index < -0.39 is 0 Å². The predicted octanol–water partition coefficient (Wildman–Crippen LogP) is 3.11. The van der Waals surface area contributed by atoms with E-state index in [1.807, 2.05) is 43.3 Å². The van der Waals surface area contributed by atoms with E-state index in [1.54, 1.807) is 17.0 Å². The van der Waals surface area contributed by atoms with Gasteiger partial charge in [-0.05, 0) is 68.9 Å². The van der Waals surface area contributed by atoms with Crippen molar-refractivity contribution in [1.82, 2.24) is 15.1 Å². The van der Waals surface area contributed by atoms with Gasteiger partial charge in [-0.25, -0.2) is 9.18 Å². The number of halogens is 1. The molecule has 8 heteroatoms.